The Hall–Kier alpha value is -0.650. The lowest BCUT2D eigenvalue weighted by atomic mass is 10.2. The Morgan fingerprint density at radius 3 is 2.72 bits per heavy atom. The maximum Gasteiger partial charge on any atom is 0.217 e. The average molecular weight is 259 g/mol. The van der Waals surface area contributed by atoms with Crippen molar-refractivity contribution in [3.05, 3.63) is 0 Å². The molecule has 1 amide bonds. The molecular formula is C13H25NO4. The third-order valence-corrected chi connectivity index (χ3v) is 2.79. The molecule has 0 radical (unpaired) electrons. The molecule has 1 rings (SSSR count). The molecule has 1 N–H and O–H groups in total. The fraction of sp³-hybridized carbons (Fsp3) is 0.923. The summed E-state index contributed by atoms with van der Waals surface area (Å²) in [5.41, 5.74) is 0. The first-order valence-electron chi connectivity index (χ1n) is 6.79. The largest absolute Gasteiger partial charge is 0.353 e. The van der Waals surface area contributed by atoms with Gasteiger partial charge in [0.2, 0.25) is 5.91 Å². The van der Waals surface area contributed by atoms with Crippen molar-refractivity contribution in [3.63, 3.8) is 0 Å². The topological polar surface area (TPSA) is 56.8 Å². The molecule has 0 aromatic rings. The highest BCUT2D eigenvalue weighted by Crippen LogP contribution is 2.32. The van der Waals surface area contributed by atoms with Gasteiger partial charge >= 0.3 is 0 Å². The first kappa shape index (κ1) is 15.4. The van der Waals surface area contributed by atoms with E-state index >= 15 is 0 Å². The van der Waals surface area contributed by atoms with Crippen molar-refractivity contribution in [3.8, 4) is 0 Å². The van der Waals surface area contributed by atoms with Crippen LogP contribution in [0.2, 0.25) is 0 Å². The predicted molar refractivity (Wildman–Crippen MR) is 68.0 cm³/mol. The highest BCUT2D eigenvalue weighted by molar-refractivity contribution is 5.72. The molecule has 2 atom stereocenters. The predicted octanol–water partition coefficient (Wildman–Crippen LogP) is 1.81. The third-order valence-electron chi connectivity index (χ3n) is 2.79. The number of ether oxygens (including phenoxy) is 3. The van der Waals surface area contributed by atoms with Crippen molar-refractivity contribution in [2.24, 2.45) is 0 Å². The van der Waals surface area contributed by atoms with Gasteiger partial charge in [-0.2, -0.15) is 0 Å². The van der Waals surface area contributed by atoms with Crippen molar-refractivity contribution < 1.29 is 19.0 Å². The Kier molecular flexibility index (Phi) is 6.60. The van der Waals surface area contributed by atoms with Crippen LogP contribution < -0.4 is 5.32 Å². The fourth-order valence-corrected chi connectivity index (χ4v) is 1.90. The van der Waals surface area contributed by atoms with E-state index in [0.29, 0.717) is 19.8 Å². The molecule has 0 bridgehead atoms. The molecule has 5 heteroatoms. The molecule has 106 valence electrons. The first-order chi connectivity index (χ1) is 8.62. The zero-order valence-electron chi connectivity index (χ0n) is 11.7. The molecule has 0 aliphatic carbocycles. The van der Waals surface area contributed by atoms with E-state index in [1.807, 2.05) is 6.92 Å². The highest BCUT2D eigenvalue weighted by atomic mass is 16.8. The molecule has 0 spiro atoms. The van der Waals surface area contributed by atoms with Gasteiger partial charge in [0.05, 0.1) is 6.54 Å². The molecule has 2 unspecified atom stereocenters. The van der Waals surface area contributed by atoms with Crippen molar-refractivity contribution in [1.29, 1.82) is 0 Å². The zero-order chi connectivity index (χ0) is 13.4. The van der Waals surface area contributed by atoms with E-state index in [2.05, 4.69) is 12.2 Å². The third kappa shape index (κ3) is 4.92. The summed E-state index contributed by atoms with van der Waals surface area (Å²) in [6, 6.07) is 0. The van der Waals surface area contributed by atoms with Crippen molar-refractivity contribution >= 4 is 5.91 Å². The number of carbonyl (C=O) groups is 1. The Morgan fingerprint density at radius 2 is 2.11 bits per heavy atom. The van der Waals surface area contributed by atoms with Crippen molar-refractivity contribution in [2.45, 2.75) is 58.5 Å². The highest BCUT2D eigenvalue weighted by Gasteiger charge is 2.41. The van der Waals surface area contributed by atoms with Gasteiger partial charge in [0, 0.05) is 33.0 Å². The second-order valence-electron chi connectivity index (χ2n) is 4.63. The number of carbonyl (C=O) groups excluding carboxylic acids is 1. The molecule has 1 fully saturated rings. The monoisotopic (exact) mass is 259 g/mol. The van der Waals surface area contributed by atoms with Crippen LogP contribution >= 0.6 is 0 Å². The van der Waals surface area contributed by atoms with Crippen LogP contribution in [0.15, 0.2) is 0 Å². The van der Waals surface area contributed by atoms with Crippen LogP contribution in [0.5, 0.6) is 0 Å². The quantitative estimate of drug-likeness (QED) is 0.722. The summed E-state index contributed by atoms with van der Waals surface area (Å²) in [7, 11) is 0. The number of nitrogens with one attached hydrogen (secondary N) is 1. The summed E-state index contributed by atoms with van der Waals surface area (Å²) in [5.74, 6) is -0.781. The lowest BCUT2D eigenvalue weighted by Crippen LogP contribution is -2.45. The molecule has 0 aromatic carbocycles. The zero-order valence-corrected chi connectivity index (χ0v) is 11.7. The van der Waals surface area contributed by atoms with Crippen LogP contribution in [-0.2, 0) is 19.0 Å². The van der Waals surface area contributed by atoms with Crippen molar-refractivity contribution in [2.75, 3.05) is 19.8 Å². The normalized spacial score (nSPS) is 27.4. The minimum atomic E-state index is -0.708. The molecule has 1 heterocycles. The van der Waals surface area contributed by atoms with Crippen LogP contribution in [0.4, 0.5) is 0 Å². The molecule has 1 aliphatic heterocycles. The van der Waals surface area contributed by atoms with Crippen LogP contribution in [0.3, 0.4) is 0 Å². The summed E-state index contributed by atoms with van der Waals surface area (Å²) in [6.45, 7) is 7.30. The average Bonchev–Trinajstić information content (AvgIpc) is 2.76. The Morgan fingerprint density at radius 1 is 1.39 bits per heavy atom. The maximum absolute atomic E-state index is 11.0. The molecule has 5 nitrogen and oxygen atoms in total. The second-order valence-corrected chi connectivity index (χ2v) is 4.63. The van der Waals surface area contributed by atoms with Gasteiger partial charge in [0.15, 0.2) is 12.1 Å². The van der Waals surface area contributed by atoms with E-state index in [9.17, 15) is 4.79 Å². The Balaban J connectivity index is 2.48. The minimum Gasteiger partial charge on any atom is -0.353 e. The molecule has 1 saturated heterocycles. The van der Waals surface area contributed by atoms with E-state index in [1.165, 1.54) is 6.92 Å². The minimum absolute atomic E-state index is 0.0731. The molecule has 1 aliphatic rings. The first-order valence-corrected chi connectivity index (χ1v) is 6.79. The lowest BCUT2D eigenvalue weighted by Gasteiger charge is -2.29. The van der Waals surface area contributed by atoms with Gasteiger partial charge in [-0.25, -0.2) is 0 Å². The van der Waals surface area contributed by atoms with Gasteiger partial charge in [-0.3, -0.25) is 4.79 Å². The Bertz CT molecular complexity index is 259. The lowest BCUT2D eigenvalue weighted by molar-refractivity contribution is -0.268. The number of hydrogen-bond acceptors (Lipinski definition) is 4. The summed E-state index contributed by atoms with van der Waals surface area (Å²) in [6.07, 6.45) is 3.24. The van der Waals surface area contributed by atoms with Crippen LogP contribution in [-0.4, -0.2) is 37.7 Å². The van der Waals surface area contributed by atoms with Crippen LogP contribution in [0, 0.1) is 0 Å². The van der Waals surface area contributed by atoms with E-state index in [1.54, 1.807) is 0 Å². The van der Waals surface area contributed by atoms with E-state index in [4.69, 9.17) is 14.2 Å². The van der Waals surface area contributed by atoms with Gasteiger partial charge in [0.1, 0.15) is 0 Å². The Labute approximate surface area is 109 Å². The molecule has 18 heavy (non-hydrogen) atoms. The van der Waals surface area contributed by atoms with E-state index in [0.717, 1.165) is 25.7 Å². The number of rotatable bonds is 8. The summed E-state index contributed by atoms with van der Waals surface area (Å²) in [4.78, 5) is 11.0. The summed E-state index contributed by atoms with van der Waals surface area (Å²) in [5, 5.41) is 2.77. The van der Waals surface area contributed by atoms with Gasteiger partial charge in [-0.15, -0.1) is 0 Å². The number of hydrogen-bond donors (Lipinski definition) is 1. The summed E-state index contributed by atoms with van der Waals surface area (Å²) < 4.78 is 17.2. The molecule has 0 saturated carbocycles. The van der Waals surface area contributed by atoms with Gasteiger partial charge in [-0.1, -0.05) is 13.8 Å². The fourth-order valence-electron chi connectivity index (χ4n) is 1.90. The van der Waals surface area contributed by atoms with Gasteiger partial charge < -0.3 is 19.5 Å². The van der Waals surface area contributed by atoms with Crippen molar-refractivity contribution in [1.82, 2.24) is 5.32 Å². The smallest absolute Gasteiger partial charge is 0.217 e. The SMILES string of the molecule is CCCOC1CCC(CNC(C)=O)(OCCC)O1. The molecular weight excluding hydrogens is 234 g/mol. The van der Waals surface area contributed by atoms with E-state index < -0.39 is 5.79 Å². The van der Waals surface area contributed by atoms with Gasteiger partial charge in [-0.05, 0) is 12.8 Å². The second kappa shape index (κ2) is 7.71. The maximum atomic E-state index is 11.0. The van der Waals surface area contributed by atoms with Gasteiger partial charge in [0.25, 0.3) is 0 Å². The van der Waals surface area contributed by atoms with E-state index in [-0.39, 0.29) is 12.2 Å². The molecule has 0 aromatic heterocycles. The van der Waals surface area contributed by atoms with Crippen LogP contribution in [0.25, 0.3) is 0 Å². The standard InChI is InChI=1S/C13H25NO4/c1-4-8-16-12-6-7-13(18-12,17-9-5-2)10-14-11(3)15/h12H,4-10H2,1-3H3,(H,14,15). The number of amides is 1. The van der Waals surface area contributed by atoms with Crippen LogP contribution in [0.1, 0.15) is 46.5 Å². The summed E-state index contributed by atoms with van der Waals surface area (Å²) >= 11 is 0.